The summed E-state index contributed by atoms with van der Waals surface area (Å²) in [4.78, 5) is 23.2. The average Bonchev–Trinajstić information content (AvgIpc) is 3.05. The van der Waals surface area contributed by atoms with Crippen LogP contribution in [0.25, 0.3) is 5.69 Å². The third kappa shape index (κ3) is 5.14. The summed E-state index contributed by atoms with van der Waals surface area (Å²) < 4.78 is 1.49. The normalized spacial score (nSPS) is 13.2. The first kappa shape index (κ1) is 18.6. The minimum Gasteiger partial charge on any atom is -0.364 e. The highest BCUT2D eigenvalue weighted by Gasteiger charge is 2.13. The van der Waals surface area contributed by atoms with Gasteiger partial charge in [0.2, 0.25) is 5.91 Å². The predicted octanol–water partition coefficient (Wildman–Crippen LogP) is 2.37. The van der Waals surface area contributed by atoms with Crippen molar-refractivity contribution in [2.45, 2.75) is 46.1 Å². The second-order valence-corrected chi connectivity index (χ2v) is 6.39. The fraction of sp³-hybridized carbons (Fsp3) is 0.444. The number of rotatable bonds is 8. The summed E-state index contributed by atoms with van der Waals surface area (Å²) in [5, 5.41) is 10.6. The molecule has 2 amide bonds. The van der Waals surface area contributed by atoms with E-state index in [1.165, 1.54) is 10.9 Å². The maximum Gasteiger partial charge on any atom is 0.270 e. The lowest BCUT2D eigenvalue weighted by Gasteiger charge is -2.16. The van der Waals surface area contributed by atoms with Crippen LogP contribution in [-0.2, 0) is 4.79 Å². The number of primary amides is 1. The second-order valence-electron chi connectivity index (χ2n) is 6.39. The first-order valence-corrected chi connectivity index (χ1v) is 8.52. The van der Waals surface area contributed by atoms with Crippen molar-refractivity contribution in [1.82, 2.24) is 20.3 Å². The van der Waals surface area contributed by atoms with Crippen molar-refractivity contribution in [3.63, 3.8) is 0 Å². The molecule has 134 valence electrons. The number of benzene rings is 1. The zero-order valence-corrected chi connectivity index (χ0v) is 14.9. The third-order valence-electron chi connectivity index (χ3n) is 4.10. The predicted molar refractivity (Wildman–Crippen MR) is 95.1 cm³/mol. The number of aromatic nitrogens is 3. The van der Waals surface area contributed by atoms with Crippen LogP contribution in [0.1, 0.15) is 62.1 Å². The lowest BCUT2D eigenvalue weighted by atomic mass is 10.0. The molecule has 1 aromatic carbocycles. The van der Waals surface area contributed by atoms with Gasteiger partial charge in [0.1, 0.15) is 0 Å². The monoisotopic (exact) mass is 343 g/mol. The number of hydrogen-bond acceptors (Lipinski definition) is 4. The van der Waals surface area contributed by atoms with Crippen LogP contribution in [0.2, 0.25) is 0 Å². The van der Waals surface area contributed by atoms with Gasteiger partial charge in [-0.15, -0.1) is 5.10 Å². The van der Waals surface area contributed by atoms with Gasteiger partial charge < -0.3 is 11.1 Å². The minimum absolute atomic E-state index is 0.0694. The number of nitrogens with one attached hydrogen (secondary N) is 1. The highest BCUT2D eigenvalue weighted by Crippen LogP contribution is 2.17. The lowest BCUT2D eigenvalue weighted by molar-refractivity contribution is -0.122. The van der Waals surface area contributed by atoms with E-state index < -0.39 is 5.91 Å². The fourth-order valence-electron chi connectivity index (χ4n) is 2.71. The molecule has 0 aliphatic heterocycles. The summed E-state index contributed by atoms with van der Waals surface area (Å²) in [6, 6.07) is 7.48. The summed E-state index contributed by atoms with van der Waals surface area (Å²) >= 11 is 0. The van der Waals surface area contributed by atoms with Gasteiger partial charge in [-0.3, -0.25) is 9.59 Å². The molecular weight excluding hydrogens is 318 g/mol. The second kappa shape index (κ2) is 8.41. The Bertz CT molecular complexity index is 723. The number of nitrogens with two attached hydrogens (primary N) is 1. The molecular formula is C18H25N5O2. The van der Waals surface area contributed by atoms with Crippen LogP contribution in [0.4, 0.5) is 0 Å². The number of hydrogen-bond donors (Lipinski definition) is 2. The van der Waals surface area contributed by atoms with Gasteiger partial charge in [-0.1, -0.05) is 44.0 Å². The highest BCUT2D eigenvalue weighted by molar-refractivity contribution is 5.90. The zero-order chi connectivity index (χ0) is 18.4. The Balaban J connectivity index is 1.98. The van der Waals surface area contributed by atoms with E-state index in [0.717, 1.165) is 24.1 Å². The molecule has 0 saturated heterocycles. The van der Waals surface area contributed by atoms with E-state index in [0.29, 0.717) is 12.3 Å². The van der Waals surface area contributed by atoms with Gasteiger partial charge >= 0.3 is 0 Å². The van der Waals surface area contributed by atoms with Crippen LogP contribution < -0.4 is 11.1 Å². The molecule has 25 heavy (non-hydrogen) atoms. The maximum atomic E-state index is 12.1. The third-order valence-corrected chi connectivity index (χ3v) is 4.10. The Hall–Kier alpha value is -2.70. The van der Waals surface area contributed by atoms with E-state index >= 15 is 0 Å². The summed E-state index contributed by atoms with van der Waals surface area (Å²) in [5.74, 6) is -0.150. The minimum atomic E-state index is -0.614. The van der Waals surface area contributed by atoms with Crippen molar-refractivity contribution >= 4 is 11.8 Å². The number of nitrogens with zero attached hydrogens (tertiary/aromatic N) is 3. The molecule has 1 heterocycles. The summed E-state index contributed by atoms with van der Waals surface area (Å²) in [7, 11) is 0. The molecule has 7 heteroatoms. The Morgan fingerprint density at radius 1 is 1.24 bits per heavy atom. The van der Waals surface area contributed by atoms with Crippen molar-refractivity contribution in [2.24, 2.45) is 11.7 Å². The molecule has 0 unspecified atom stereocenters. The molecule has 0 aliphatic carbocycles. The fourth-order valence-corrected chi connectivity index (χ4v) is 2.71. The molecule has 1 aromatic heterocycles. The van der Waals surface area contributed by atoms with Gasteiger partial charge in [0.05, 0.1) is 17.9 Å². The first-order valence-electron chi connectivity index (χ1n) is 8.52. The van der Waals surface area contributed by atoms with Crippen molar-refractivity contribution in [1.29, 1.82) is 0 Å². The van der Waals surface area contributed by atoms with Gasteiger partial charge in [0.15, 0.2) is 5.69 Å². The number of carbonyl (C=O) groups is 2. The zero-order valence-electron chi connectivity index (χ0n) is 14.9. The topological polar surface area (TPSA) is 103 Å². The van der Waals surface area contributed by atoms with E-state index in [1.54, 1.807) is 0 Å². The van der Waals surface area contributed by atoms with E-state index in [4.69, 9.17) is 5.73 Å². The molecule has 2 aromatic rings. The Kier molecular flexibility index (Phi) is 6.27. The standard InChI is InChI=1S/C18H25N5O2/c1-4-5-12(2)10-17(24)20-13(3)14-6-8-15(9-7-14)23-11-16(18(19)25)21-22-23/h6-9,11-13H,4-5,10H2,1-3H3,(H2,19,25)(H,20,24)/t12-,13-/m0/s1. The van der Waals surface area contributed by atoms with Crippen molar-refractivity contribution in [3.05, 3.63) is 41.7 Å². The molecule has 0 aliphatic rings. The maximum absolute atomic E-state index is 12.1. The molecule has 0 spiro atoms. The molecule has 0 saturated carbocycles. The van der Waals surface area contributed by atoms with Crippen LogP contribution in [0.5, 0.6) is 0 Å². The largest absolute Gasteiger partial charge is 0.364 e. The van der Waals surface area contributed by atoms with Crippen LogP contribution in [-0.4, -0.2) is 26.8 Å². The number of amides is 2. The van der Waals surface area contributed by atoms with Gasteiger partial charge in [-0.2, -0.15) is 0 Å². The summed E-state index contributed by atoms with van der Waals surface area (Å²) in [6.45, 7) is 6.18. The SMILES string of the molecule is CCC[C@H](C)CC(=O)N[C@@H](C)c1ccc(-n2cc(C(N)=O)nn2)cc1. The van der Waals surface area contributed by atoms with Crippen molar-refractivity contribution in [3.8, 4) is 5.69 Å². The lowest BCUT2D eigenvalue weighted by Crippen LogP contribution is -2.27. The Morgan fingerprint density at radius 3 is 2.48 bits per heavy atom. The van der Waals surface area contributed by atoms with Gasteiger partial charge in [-0.25, -0.2) is 4.68 Å². The first-order chi connectivity index (χ1) is 11.9. The van der Waals surface area contributed by atoms with Crippen LogP contribution in [0.15, 0.2) is 30.5 Å². The summed E-state index contributed by atoms with van der Waals surface area (Å²) in [6.07, 6.45) is 4.18. The molecule has 2 rings (SSSR count). The molecule has 0 radical (unpaired) electrons. The average molecular weight is 343 g/mol. The van der Waals surface area contributed by atoms with E-state index in [2.05, 4.69) is 29.5 Å². The van der Waals surface area contributed by atoms with Crippen LogP contribution in [0.3, 0.4) is 0 Å². The smallest absolute Gasteiger partial charge is 0.270 e. The van der Waals surface area contributed by atoms with E-state index in [1.807, 2.05) is 31.2 Å². The molecule has 0 fully saturated rings. The molecule has 2 atom stereocenters. The van der Waals surface area contributed by atoms with Crippen molar-refractivity contribution < 1.29 is 9.59 Å². The van der Waals surface area contributed by atoms with E-state index in [9.17, 15) is 9.59 Å². The molecule has 0 bridgehead atoms. The van der Waals surface area contributed by atoms with Gasteiger partial charge in [0, 0.05) is 6.42 Å². The van der Waals surface area contributed by atoms with Gasteiger partial charge in [0.25, 0.3) is 5.91 Å². The van der Waals surface area contributed by atoms with Crippen molar-refractivity contribution in [2.75, 3.05) is 0 Å². The Morgan fingerprint density at radius 2 is 1.92 bits per heavy atom. The van der Waals surface area contributed by atoms with Crippen LogP contribution >= 0.6 is 0 Å². The summed E-state index contributed by atoms with van der Waals surface area (Å²) in [5.41, 5.74) is 7.05. The highest BCUT2D eigenvalue weighted by atomic mass is 16.2. The van der Waals surface area contributed by atoms with Gasteiger partial charge in [-0.05, 0) is 30.5 Å². The van der Waals surface area contributed by atoms with E-state index in [-0.39, 0.29) is 17.6 Å². The molecule has 7 nitrogen and oxygen atoms in total. The number of carbonyl (C=O) groups excluding carboxylic acids is 2. The Labute approximate surface area is 147 Å². The quantitative estimate of drug-likeness (QED) is 0.768. The van der Waals surface area contributed by atoms with Crippen LogP contribution in [0, 0.1) is 5.92 Å². The molecule has 3 N–H and O–H groups in total.